The Morgan fingerprint density at radius 1 is 1.48 bits per heavy atom. The summed E-state index contributed by atoms with van der Waals surface area (Å²) >= 11 is 0. The molecule has 0 spiro atoms. The van der Waals surface area contributed by atoms with Gasteiger partial charge >= 0.3 is 0 Å². The van der Waals surface area contributed by atoms with Crippen LogP contribution in [-0.2, 0) is 4.79 Å². The lowest BCUT2D eigenvalue weighted by molar-refractivity contribution is -0.135. The van der Waals surface area contributed by atoms with Crippen molar-refractivity contribution in [2.75, 3.05) is 13.6 Å². The van der Waals surface area contributed by atoms with Crippen LogP contribution >= 0.6 is 0 Å². The first-order valence-electron chi connectivity index (χ1n) is 7.84. The number of likely N-dealkylation sites (tertiary alicyclic amines) is 1. The molecule has 0 bridgehead atoms. The number of likely N-dealkylation sites (N-methyl/N-ethyl adjacent to an activating group) is 1. The lowest BCUT2D eigenvalue weighted by Gasteiger charge is -2.31. The summed E-state index contributed by atoms with van der Waals surface area (Å²) in [7, 11) is 1.88. The minimum atomic E-state index is -0.0749. The first kappa shape index (κ1) is 15.9. The zero-order valence-corrected chi connectivity index (χ0v) is 13.0. The van der Waals surface area contributed by atoms with Crippen LogP contribution in [0.4, 0.5) is 0 Å². The van der Waals surface area contributed by atoms with Gasteiger partial charge in [-0.1, -0.05) is 13.3 Å². The standard InChI is InChI=1S/C16H26N4O/c1-12-11-13-5-3-6-14(13)20(16(21)15(12)18-2)10-4-8-19-9-7-17/h4,7-9,12-15,17-18H,3,5-6,10-11H2,1-2H3/b8-4+,17-7?,19-9-. The van der Waals surface area contributed by atoms with Crippen molar-refractivity contribution in [2.24, 2.45) is 16.8 Å². The largest absolute Gasteiger partial charge is 0.334 e. The molecule has 2 rings (SSSR count). The summed E-state index contributed by atoms with van der Waals surface area (Å²) in [5.41, 5.74) is 0. The highest BCUT2D eigenvalue weighted by atomic mass is 16.2. The smallest absolute Gasteiger partial charge is 0.240 e. The van der Waals surface area contributed by atoms with Crippen LogP contribution in [0.25, 0.3) is 0 Å². The predicted octanol–water partition coefficient (Wildman–Crippen LogP) is 1.85. The van der Waals surface area contributed by atoms with E-state index in [-0.39, 0.29) is 11.9 Å². The number of amides is 1. The Morgan fingerprint density at radius 2 is 2.29 bits per heavy atom. The van der Waals surface area contributed by atoms with Crippen molar-refractivity contribution in [3.63, 3.8) is 0 Å². The van der Waals surface area contributed by atoms with Crippen LogP contribution in [0, 0.1) is 17.2 Å². The molecule has 1 heterocycles. The van der Waals surface area contributed by atoms with E-state index in [1.54, 1.807) is 6.20 Å². The van der Waals surface area contributed by atoms with Crippen LogP contribution in [0.3, 0.4) is 0 Å². The Morgan fingerprint density at radius 3 is 3.00 bits per heavy atom. The van der Waals surface area contributed by atoms with E-state index >= 15 is 0 Å². The zero-order valence-electron chi connectivity index (χ0n) is 13.0. The van der Waals surface area contributed by atoms with Crippen molar-refractivity contribution >= 4 is 18.3 Å². The van der Waals surface area contributed by atoms with E-state index in [0.717, 1.165) is 19.1 Å². The molecule has 4 unspecified atom stereocenters. The van der Waals surface area contributed by atoms with Crippen LogP contribution in [0.1, 0.15) is 32.6 Å². The molecule has 2 fully saturated rings. The van der Waals surface area contributed by atoms with Crippen molar-refractivity contribution in [2.45, 2.75) is 44.7 Å². The Kier molecular flexibility index (Phi) is 5.67. The maximum atomic E-state index is 12.8. The van der Waals surface area contributed by atoms with Gasteiger partial charge in [0.05, 0.1) is 6.04 Å². The number of hydrogen-bond acceptors (Lipinski definition) is 4. The monoisotopic (exact) mass is 290 g/mol. The SMILES string of the molecule is CNC1C(=O)N(C/C=C/N=C\C=N)C2CCCC2CC1C. The molecule has 116 valence electrons. The highest BCUT2D eigenvalue weighted by Crippen LogP contribution is 2.38. The van der Waals surface area contributed by atoms with Crippen molar-refractivity contribution in [3.8, 4) is 0 Å². The van der Waals surface area contributed by atoms with E-state index in [2.05, 4.69) is 17.2 Å². The van der Waals surface area contributed by atoms with Crippen molar-refractivity contribution in [1.29, 1.82) is 5.41 Å². The second-order valence-electron chi connectivity index (χ2n) is 6.08. The molecule has 1 aliphatic carbocycles. The summed E-state index contributed by atoms with van der Waals surface area (Å²) in [6.07, 6.45) is 10.9. The molecule has 0 aromatic carbocycles. The lowest BCUT2D eigenvalue weighted by atomic mass is 9.90. The second-order valence-corrected chi connectivity index (χ2v) is 6.08. The second kappa shape index (κ2) is 7.50. The summed E-state index contributed by atoms with van der Waals surface area (Å²) < 4.78 is 0. The Hall–Kier alpha value is -1.49. The molecule has 5 heteroatoms. The molecule has 5 nitrogen and oxygen atoms in total. The number of rotatable bonds is 5. The van der Waals surface area contributed by atoms with Gasteiger partial charge in [-0.25, -0.2) is 0 Å². The third kappa shape index (κ3) is 3.59. The maximum Gasteiger partial charge on any atom is 0.240 e. The van der Waals surface area contributed by atoms with Gasteiger partial charge in [-0.2, -0.15) is 0 Å². The van der Waals surface area contributed by atoms with Gasteiger partial charge in [0.15, 0.2) is 0 Å². The number of aliphatic imine (C=N–C) groups is 1. The molecule has 21 heavy (non-hydrogen) atoms. The molecule has 0 radical (unpaired) electrons. The number of carbonyl (C=O) groups excluding carboxylic acids is 1. The fourth-order valence-corrected chi connectivity index (χ4v) is 3.85. The quantitative estimate of drug-likeness (QED) is 0.759. The highest BCUT2D eigenvalue weighted by molar-refractivity contribution is 6.14. The van der Waals surface area contributed by atoms with Crippen LogP contribution in [0.5, 0.6) is 0 Å². The molecule has 1 saturated carbocycles. The minimum Gasteiger partial charge on any atom is -0.334 e. The van der Waals surface area contributed by atoms with E-state index < -0.39 is 0 Å². The van der Waals surface area contributed by atoms with E-state index in [0.29, 0.717) is 24.4 Å². The van der Waals surface area contributed by atoms with Gasteiger partial charge in [-0.3, -0.25) is 9.79 Å². The van der Waals surface area contributed by atoms with E-state index in [9.17, 15) is 4.79 Å². The summed E-state index contributed by atoms with van der Waals surface area (Å²) in [6.45, 7) is 2.79. The number of carbonyl (C=O) groups is 1. The molecule has 4 atom stereocenters. The average molecular weight is 290 g/mol. The zero-order chi connectivity index (χ0) is 15.2. The van der Waals surface area contributed by atoms with Gasteiger partial charge in [0.25, 0.3) is 0 Å². The molecular weight excluding hydrogens is 264 g/mol. The first-order chi connectivity index (χ1) is 10.2. The molecule has 0 aromatic heterocycles. The summed E-state index contributed by atoms with van der Waals surface area (Å²) in [5.74, 6) is 1.25. The average Bonchev–Trinajstić information content (AvgIpc) is 2.88. The number of nitrogens with one attached hydrogen (secondary N) is 2. The van der Waals surface area contributed by atoms with Crippen LogP contribution in [-0.4, -0.2) is 48.9 Å². The topological polar surface area (TPSA) is 68.6 Å². The Labute approximate surface area is 127 Å². The summed E-state index contributed by atoms with van der Waals surface area (Å²) in [4.78, 5) is 18.8. The molecule has 1 amide bonds. The van der Waals surface area contributed by atoms with Crippen molar-refractivity contribution in [3.05, 3.63) is 12.3 Å². The van der Waals surface area contributed by atoms with Crippen molar-refractivity contribution < 1.29 is 4.79 Å². The van der Waals surface area contributed by atoms with E-state index in [1.165, 1.54) is 19.1 Å². The minimum absolute atomic E-state index is 0.0749. The van der Waals surface area contributed by atoms with E-state index in [4.69, 9.17) is 5.41 Å². The van der Waals surface area contributed by atoms with Gasteiger partial charge in [-0.15, -0.1) is 0 Å². The first-order valence-corrected chi connectivity index (χ1v) is 7.84. The lowest BCUT2D eigenvalue weighted by Crippen LogP contribution is -2.49. The van der Waals surface area contributed by atoms with Gasteiger partial charge in [0, 0.05) is 31.2 Å². The van der Waals surface area contributed by atoms with Crippen LogP contribution in [0.2, 0.25) is 0 Å². The third-order valence-electron chi connectivity index (χ3n) is 4.78. The van der Waals surface area contributed by atoms with Crippen molar-refractivity contribution in [1.82, 2.24) is 10.2 Å². The fraction of sp³-hybridized carbons (Fsp3) is 0.688. The molecule has 2 N–H and O–H groups in total. The third-order valence-corrected chi connectivity index (χ3v) is 4.78. The normalized spacial score (nSPS) is 33.6. The number of nitrogens with zero attached hydrogens (tertiary/aromatic N) is 2. The van der Waals surface area contributed by atoms with E-state index in [1.807, 2.05) is 18.0 Å². The molecule has 1 aliphatic heterocycles. The predicted molar refractivity (Wildman–Crippen MR) is 85.9 cm³/mol. The summed E-state index contributed by atoms with van der Waals surface area (Å²) in [6, 6.07) is 0.309. The molecular formula is C16H26N4O. The Balaban J connectivity index is 2.13. The Bertz CT molecular complexity index is 432. The van der Waals surface area contributed by atoms with Gasteiger partial charge in [-0.05, 0) is 44.2 Å². The molecule has 1 saturated heterocycles. The highest BCUT2D eigenvalue weighted by Gasteiger charge is 2.42. The summed E-state index contributed by atoms with van der Waals surface area (Å²) in [5, 5.41) is 10.1. The number of hydrogen-bond donors (Lipinski definition) is 2. The number of fused-ring (bicyclic) bond motifs is 1. The van der Waals surface area contributed by atoms with Crippen LogP contribution < -0.4 is 5.32 Å². The van der Waals surface area contributed by atoms with Gasteiger partial charge in [0.1, 0.15) is 0 Å². The van der Waals surface area contributed by atoms with Gasteiger partial charge < -0.3 is 15.6 Å². The van der Waals surface area contributed by atoms with Crippen LogP contribution in [0.15, 0.2) is 17.3 Å². The fourth-order valence-electron chi connectivity index (χ4n) is 3.85. The maximum absolute atomic E-state index is 12.8. The molecule has 0 aromatic rings. The molecule has 2 aliphatic rings. The van der Waals surface area contributed by atoms with Gasteiger partial charge in [0.2, 0.25) is 5.91 Å².